The van der Waals surface area contributed by atoms with Gasteiger partial charge < -0.3 is 14.2 Å². The Morgan fingerprint density at radius 1 is 1.16 bits per heavy atom. The second-order valence-electron chi connectivity index (χ2n) is 5.18. The molecule has 0 aliphatic rings. The number of hydrogen-bond donors (Lipinski definition) is 1. The van der Waals surface area contributed by atoms with Crippen molar-refractivity contribution in [1.82, 2.24) is 0 Å². The Kier molecular flexibility index (Phi) is 8.43. The summed E-state index contributed by atoms with van der Waals surface area (Å²) in [5.41, 5.74) is 2.94. The number of aryl methyl sites for hydroxylation is 2. The molecule has 1 atom stereocenters. The van der Waals surface area contributed by atoms with E-state index in [0.717, 1.165) is 22.6 Å². The molecule has 25 heavy (non-hydrogen) atoms. The molecule has 2 aromatic carbocycles. The van der Waals surface area contributed by atoms with E-state index >= 15 is 0 Å². The zero-order valence-electron chi connectivity index (χ0n) is 14.9. The third kappa shape index (κ3) is 7.22. The smallest absolute Gasteiger partial charge is 0.240 e. The van der Waals surface area contributed by atoms with E-state index in [1.807, 2.05) is 44.2 Å². The molecule has 1 N–H and O–H groups in total. The minimum absolute atomic E-state index is 0.0652. The van der Waals surface area contributed by atoms with E-state index in [4.69, 9.17) is 8.92 Å². The van der Waals surface area contributed by atoms with Crippen molar-refractivity contribution >= 4 is 22.7 Å². The highest BCUT2D eigenvalue weighted by Crippen LogP contribution is 2.21. The number of amides is 1. The summed E-state index contributed by atoms with van der Waals surface area (Å²) in [5.74, 6) is 0.763. The Hall–Kier alpha value is -2.60. The first-order valence-corrected chi connectivity index (χ1v) is 8.63. The molecule has 0 fully saturated rings. The van der Waals surface area contributed by atoms with Gasteiger partial charge in [0.05, 0.1) is 18.3 Å². The van der Waals surface area contributed by atoms with Crippen LogP contribution in [-0.2, 0) is 20.1 Å². The van der Waals surface area contributed by atoms with Gasteiger partial charge in [0.1, 0.15) is 5.75 Å². The summed E-state index contributed by atoms with van der Waals surface area (Å²) in [5, 5.41) is 2.70. The van der Waals surface area contributed by atoms with Crippen LogP contribution in [-0.4, -0.2) is 17.2 Å². The number of nitrogens with one attached hydrogen (secondary N) is 1. The number of ether oxygens (including phenoxy) is 1. The van der Waals surface area contributed by atoms with Crippen LogP contribution < -0.4 is 10.1 Å². The van der Waals surface area contributed by atoms with Crippen LogP contribution in [0.2, 0.25) is 0 Å². The summed E-state index contributed by atoms with van der Waals surface area (Å²) in [6, 6.07) is 12.8. The molecule has 2 rings (SSSR count). The van der Waals surface area contributed by atoms with Crippen molar-refractivity contribution in [2.45, 2.75) is 25.7 Å². The first-order chi connectivity index (χ1) is 11.9. The quantitative estimate of drug-likeness (QED) is 0.813. The highest BCUT2D eigenvalue weighted by Gasteiger charge is 2.01. The minimum Gasteiger partial charge on any atom is -0.496 e. The number of methoxy groups -OCH3 is 1. The topological polar surface area (TPSA) is 64.6 Å². The molecule has 2 aromatic rings. The third-order valence-electron chi connectivity index (χ3n) is 3.08. The minimum atomic E-state index is -1.41. The summed E-state index contributed by atoms with van der Waals surface area (Å²) in [6.45, 7) is 8.72. The Morgan fingerprint density at radius 2 is 1.80 bits per heavy atom. The van der Waals surface area contributed by atoms with Crippen LogP contribution in [0.25, 0.3) is 0 Å². The summed E-state index contributed by atoms with van der Waals surface area (Å²) in [7, 11) is 1.63. The average molecular weight is 361 g/mol. The van der Waals surface area contributed by atoms with Gasteiger partial charge in [0.25, 0.3) is 0 Å². The van der Waals surface area contributed by atoms with Crippen LogP contribution in [0.5, 0.6) is 5.75 Å². The first kappa shape index (κ1) is 20.4. The standard InChI is InChI=1S/C10H13NO2.C9H10O2S/c1-7-6-9(11-8(2)12)4-5-10(7)13-3;1-3-11-12(10)9-6-4-8(2)5-7-9/h4-6H,1-3H3,(H,11,12);3-7H,1H2,2H3. The molecule has 0 radical (unpaired) electrons. The van der Waals surface area contributed by atoms with E-state index in [1.54, 1.807) is 19.2 Å². The summed E-state index contributed by atoms with van der Waals surface area (Å²) < 4.78 is 21.0. The van der Waals surface area contributed by atoms with E-state index in [1.165, 1.54) is 13.2 Å². The maximum absolute atomic E-state index is 11.2. The van der Waals surface area contributed by atoms with Gasteiger partial charge in [0.2, 0.25) is 17.0 Å². The first-order valence-electron chi connectivity index (χ1n) is 7.56. The van der Waals surface area contributed by atoms with Gasteiger partial charge in [0, 0.05) is 12.6 Å². The van der Waals surface area contributed by atoms with Crippen molar-refractivity contribution in [1.29, 1.82) is 0 Å². The molecule has 5 nitrogen and oxygen atoms in total. The van der Waals surface area contributed by atoms with Crippen molar-refractivity contribution in [3.8, 4) is 5.75 Å². The molecule has 0 saturated heterocycles. The molecule has 0 spiro atoms. The Morgan fingerprint density at radius 3 is 2.28 bits per heavy atom. The van der Waals surface area contributed by atoms with Gasteiger partial charge in [-0.15, -0.1) is 0 Å². The fourth-order valence-corrected chi connectivity index (χ4v) is 2.52. The number of carbonyl (C=O) groups is 1. The molecule has 0 heterocycles. The van der Waals surface area contributed by atoms with Crippen molar-refractivity contribution in [2.24, 2.45) is 0 Å². The normalized spacial score (nSPS) is 10.7. The number of hydrogen-bond acceptors (Lipinski definition) is 4. The zero-order valence-corrected chi connectivity index (χ0v) is 15.7. The predicted octanol–water partition coefficient (Wildman–Crippen LogP) is 4.14. The van der Waals surface area contributed by atoms with Crippen LogP contribution >= 0.6 is 0 Å². The zero-order chi connectivity index (χ0) is 18.8. The van der Waals surface area contributed by atoms with Crippen molar-refractivity contribution in [2.75, 3.05) is 12.4 Å². The summed E-state index contributed by atoms with van der Waals surface area (Å²) in [6.07, 6.45) is 1.18. The summed E-state index contributed by atoms with van der Waals surface area (Å²) >= 11 is -1.41. The third-order valence-corrected chi connectivity index (χ3v) is 4.05. The lowest BCUT2D eigenvalue weighted by atomic mass is 10.2. The number of anilines is 1. The largest absolute Gasteiger partial charge is 0.496 e. The van der Waals surface area contributed by atoms with Crippen LogP contribution in [0.3, 0.4) is 0 Å². The van der Waals surface area contributed by atoms with Crippen LogP contribution in [0, 0.1) is 13.8 Å². The molecule has 134 valence electrons. The van der Waals surface area contributed by atoms with E-state index in [0.29, 0.717) is 4.90 Å². The Balaban J connectivity index is 0.000000251. The lowest BCUT2D eigenvalue weighted by Crippen LogP contribution is -2.05. The highest BCUT2D eigenvalue weighted by molar-refractivity contribution is 7.80. The Bertz CT molecular complexity index is 742. The number of benzene rings is 2. The second-order valence-corrected chi connectivity index (χ2v) is 6.31. The Labute approximate surface area is 151 Å². The molecule has 1 unspecified atom stereocenters. The molecule has 0 aliphatic heterocycles. The summed E-state index contributed by atoms with van der Waals surface area (Å²) in [4.78, 5) is 11.4. The SMILES string of the molecule is C=COS(=O)c1ccc(C)cc1.COc1ccc(NC(C)=O)cc1C. The number of carbonyl (C=O) groups excluding carboxylic acids is 1. The van der Waals surface area contributed by atoms with Crippen molar-refractivity contribution in [3.05, 3.63) is 66.4 Å². The lowest BCUT2D eigenvalue weighted by Gasteiger charge is -2.07. The predicted molar refractivity (Wildman–Crippen MR) is 101 cm³/mol. The molecule has 1 amide bonds. The van der Waals surface area contributed by atoms with E-state index < -0.39 is 11.1 Å². The van der Waals surface area contributed by atoms with E-state index in [-0.39, 0.29) is 5.91 Å². The lowest BCUT2D eigenvalue weighted by molar-refractivity contribution is -0.114. The maximum Gasteiger partial charge on any atom is 0.240 e. The van der Waals surface area contributed by atoms with Gasteiger partial charge in [-0.3, -0.25) is 4.79 Å². The molecule has 0 saturated carbocycles. The number of rotatable bonds is 5. The van der Waals surface area contributed by atoms with Crippen LogP contribution in [0.1, 0.15) is 18.1 Å². The molecule has 0 aromatic heterocycles. The average Bonchev–Trinajstić information content (AvgIpc) is 2.56. The maximum atomic E-state index is 11.2. The van der Waals surface area contributed by atoms with Gasteiger partial charge in [-0.25, -0.2) is 4.21 Å². The molecule has 6 heteroatoms. The van der Waals surface area contributed by atoms with Crippen LogP contribution in [0.4, 0.5) is 5.69 Å². The van der Waals surface area contributed by atoms with Crippen molar-refractivity contribution < 1.29 is 17.9 Å². The van der Waals surface area contributed by atoms with E-state index in [2.05, 4.69) is 11.9 Å². The fourth-order valence-electron chi connectivity index (χ4n) is 1.93. The molecule has 0 bridgehead atoms. The monoisotopic (exact) mass is 361 g/mol. The van der Waals surface area contributed by atoms with Gasteiger partial charge in [-0.05, 0) is 49.7 Å². The molecular weight excluding hydrogens is 338 g/mol. The molecular formula is C19H23NO4S. The molecule has 0 aliphatic carbocycles. The highest BCUT2D eigenvalue weighted by atomic mass is 32.2. The van der Waals surface area contributed by atoms with Gasteiger partial charge in [-0.2, -0.15) is 0 Å². The van der Waals surface area contributed by atoms with Gasteiger partial charge >= 0.3 is 0 Å². The van der Waals surface area contributed by atoms with Crippen molar-refractivity contribution in [3.63, 3.8) is 0 Å². The fraction of sp³-hybridized carbons (Fsp3) is 0.211. The van der Waals surface area contributed by atoms with Gasteiger partial charge in [-0.1, -0.05) is 24.3 Å². The second kappa shape index (κ2) is 10.3. The van der Waals surface area contributed by atoms with E-state index in [9.17, 15) is 9.00 Å². The van der Waals surface area contributed by atoms with Crippen LogP contribution in [0.15, 0.2) is 60.2 Å². The van der Waals surface area contributed by atoms with Gasteiger partial charge in [0.15, 0.2) is 0 Å².